The van der Waals surface area contributed by atoms with Crippen molar-refractivity contribution in [2.45, 2.75) is 29.9 Å². The number of aliphatic hydroxyl groups is 1. The second-order valence-electron chi connectivity index (χ2n) is 7.72. The van der Waals surface area contributed by atoms with Gasteiger partial charge in [-0.3, -0.25) is 0 Å². The van der Waals surface area contributed by atoms with Gasteiger partial charge in [-0.2, -0.15) is 0 Å². The molecule has 1 heterocycles. The van der Waals surface area contributed by atoms with E-state index >= 15 is 0 Å². The fourth-order valence-electron chi connectivity index (χ4n) is 3.60. The number of halogens is 2. The molecule has 11 heteroatoms. The summed E-state index contributed by atoms with van der Waals surface area (Å²) in [7, 11) is -0.991. The molecule has 2 N–H and O–H groups in total. The monoisotopic (exact) mass is 518 g/mol. The van der Waals surface area contributed by atoms with E-state index in [9.17, 15) is 13.5 Å². The van der Waals surface area contributed by atoms with Crippen LogP contribution < -0.4 is 18.9 Å². The van der Waals surface area contributed by atoms with Crippen LogP contribution in [0, 0.1) is 0 Å². The Balaban J connectivity index is 1.46. The summed E-state index contributed by atoms with van der Waals surface area (Å²) in [4.78, 5) is 2.07. The van der Waals surface area contributed by atoms with Crippen molar-refractivity contribution in [1.29, 1.82) is 0 Å². The number of likely N-dealkylation sites (tertiary alicyclic amines) is 1. The zero-order valence-corrected chi connectivity index (χ0v) is 20.8. The molecular weight excluding hydrogens is 491 g/mol. The van der Waals surface area contributed by atoms with E-state index in [1.807, 2.05) is 0 Å². The van der Waals surface area contributed by atoms with Crippen LogP contribution in [0.1, 0.15) is 12.8 Å². The number of benzene rings is 2. The maximum Gasteiger partial charge on any atom is 0.244 e. The number of hydrogen-bond acceptors (Lipinski definition) is 7. The quantitative estimate of drug-likeness (QED) is 0.498. The lowest BCUT2D eigenvalue weighted by Crippen LogP contribution is -2.45. The Hall–Kier alpha value is -1.75. The third-order valence-corrected chi connectivity index (χ3v) is 7.57. The first-order valence-corrected chi connectivity index (χ1v) is 12.7. The van der Waals surface area contributed by atoms with Crippen molar-refractivity contribution in [2.24, 2.45) is 0 Å². The summed E-state index contributed by atoms with van der Waals surface area (Å²) in [6.07, 6.45) is 0.733. The molecule has 1 fully saturated rings. The van der Waals surface area contributed by atoms with E-state index in [-0.39, 0.29) is 23.3 Å². The summed E-state index contributed by atoms with van der Waals surface area (Å²) in [6.45, 7) is 1.68. The lowest BCUT2D eigenvalue weighted by atomic mass is 10.1. The van der Waals surface area contributed by atoms with Crippen LogP contribution >= 0.6 is 23.2 Å². The van der Waals surface area contributed by atoms with Crippen LogP contribution in [0.3, 0.4) is 0 Å². The predicted molar refractivity (Wildman–Crippen MR) is 127 cm³/mol. The van der Waals surface area contributed by atoms with Gasteiger partial charge in [0.15, 0.2) is 0 Å². The summed E-state index contributed by atoms with van der Waals surface area (Å²) < 4.78 is 44.1. The van der Waals surface area contributed by atoms with E-state index in [1.165, 1.54) is 32.4 Å². The number of nitrogens with one attached hydrogen (secondary N) is 1. The summed E-state index contributed by atoms with van der Waals surface area (Å²) in [5, 5.41) is 11.3. The van der Waals surface area contributed by atoms with E-state index in [2.05, 4.69) is 9.62 Å². The second-order valence-corrected chi connectivity index (χ2v) is 10.3. The Morgan fingerprint density at radius 2 is 1.76 bits per heavy atom. The zero-order chi connectivity index (χ0) is 24.0. The first-order chi connectivity index (χ1) is 15.7. The fourth-order valence-corrected chi connectivity index (χ4v) is 5.11. The first-order valence-electron chi connectivity index (χ1n) is 10.5. The second kappa shape index (κ2) is 11.6. The molecule has 0 radical (unpaired) electrons. The minimum absolute atomic E-state index is 0.0155. The van der Waals surface area contributed by atoms with Gasteiger partial charge in [0.25, 0.3) is 0 Å². The van der Waals surface area contributed by atoms with Gasteiger partial charge in [0, 0.05) is 38.3 Å². The third kappa shape index (κ3) is 7.11. The van der Waals surface area contributed by atoms with Crippen LogP contribution in [0.2, 0.25) is 10.0 Å². The molecule has 1 aliphatic heterocycles. The molecule has 0 amide bonds. The maximum absolute atomic E-state index is 12.7. The molecule has 8 nitrogen and oxygen atoms in total. The van der Waals surface area contributed by atoms with Gasteiger partial charge in [0.1, 0.15) is 28.2 Å². The molecule has 0 unspecified atom stereocenters. The van der Waals surface area contributed by atoms with Gasteiger partial charge in [-0.1, -0.05) is 23.2 Å². The summed E-state index contributed by atoms with van der Waals surface area (Å²) in [6, 6.07) is 9.63. The minimum Gasteiger partial charge on any atom is -0.497 e. The molecule has 0 saturated carbocycles. The molecule has 1 aliphatic rings. The Morgan fingerprint density at radius 3 is 2.39 bits per heavy atom. The standard InChI is InChI=1S/C22H28Cl2N2O6S/c1-30-17-4-6-22(21(12-17)31-2)33(28,29)25-13-15(27)14-26-9-7-16(8-10-26)32-18-3-5-19(23)20(24)11-18/h3-6,11-12,15-16,25,27H,7-10,13-14H2,1-2H3/t15-/m1/s1. The Labute approximate surface area is 204 Å². The smallest absolute Gasteiger partial charge is 0.244 e. The minimum atomic E-state index is -3.86. The average Bonchev–Trinajstić information content (AvgIpc) is 2.81. The van der Waals surface area contributed by atoms with Crippen LogP contribution in [0.4, 0.5) is 0 Å². The number of hydrogen-bond donors (Lipinski definition) is 2. The van der Waals surface area contributed by atoms with Gasteiger partial charge in [-0.15, -0.1) is 0 Å². The highest BCUT2D eigenvalue weighted by atomic mass is 35.5. The van der Waals surface area contributed by atoms with Crippen molar-refractivity contribution in [3.05, 3.63) is 46.4 Å². The number of β-amino-alcohol motifs (C(OH)–C–C–N with tert-alkyl or cyclic N) is 1. The molecule has 1 atom stereocenters. The number of rotatable bonds is 10. The van der Waals surface area contributed by atoms with Crippen LogP contribution in [0.25, 0.3) is 0 Å². The molecule has 33 heavy (non-hydrogen) atoms. The van der Waals surface area contributed by atoms with Crippen molar-refractivity contribution in [3.8, 4) is 17.2 Å². The largest absolute Gasteiger partial charge is 0.497 e. The molecule has 0 spiro atoms. The van der Waals surface area contributed by atoms with Gasteiger partial charge < -0.3 is 24.2 Å². The van der Waals surface area contributed by atoms with Crippen LogP contribution in [0.5, 0.6) is 17.2 Å². The molecule has 3 rings (SSSR count). The Kier molecular flexibility index (Phi) is 9.09. The summed E-state index contributed by atoms with van der Waals surface area (Å²) in [5.74, 6) is 1.32. The number of piperidine rings is 1. The number of sulfonamides is 1. The van der Waals surface area contributed by atoms with Gasteiger partial charge >= 0.3 is 0 Å². The number of aliphatic hydroxyl groups excluding tert-OH is 1. The molecule has 0 aliphatic carbocycles. The third-order valence-electron chi connectivity index (χ3n) is 5.37. The van der Waals surface area contributed by atoms with E-state index in [0.29, 0.717) is 28.1 Å². The van der Waals surface area contributed by atoms with Crippen molar-refractivity contribution < 1.29 is 27.7 Å². The lowest BCUT2D eigenvalue weighted by Gasteiger charge is -2.33. The van der Waals surface area contributed by atoms with Gasteiger partial charge in [0.2, 0.25) is 10.0 Å². The predicted octanol–water partition coefficient (Wildman–Crippen LogP) is 3.19. The highest BCUT2D eigenvalue weighted by Crippen LogP contribution is 2.29. The molecule has 2 aromatic carbocycles. The van der Waals surface area contributed by atoms with Crippen LogP contribution in [-0.4, -0.2) is 71.0 Å². The number of methoxy groups -OCH3 is 2. The van der Waals surface area contributed by atoms with E-state index < -0.39 is 16.1 Å². The van der Waals surface area contributed by atoms with Crippen molar-refractivity contribution in [1.82, 2.24) is 9.62 Å². The number of ether oxygens (including phenoxy) is 3. The van der Waals surface area contributed by atoms with Gasteiger partial charge in [-0.25, -0.2) is 13.1 Å². The van der Waals surface area contributed by atoms with Crippen molar-refractivity contribution in [3.63, 3.8) is 0 Å². The Bertz CT molecular complexity index is 1050. The van der Waals surface area contributed by atoms with Gasteiger partial charge in [0.05, 0.1) is 30.4 Å². The topological polar surface area (TPSA) is 97.3 Å². The highest BCUT2D eigenvalue weighted by Gasteiger charge is 2.25. The van der Waals surface area contributed by atoms with Crippen molar-refractivity contribution >= 4 is 33.2 Å². The SMILES string of the molecule is COc1ccc(S(=O)(=O)NC[C@@H](O)CN2CCC(Oc3ccc(Cl)c(Cl)c3)CC2)c(OC)c1. The fraction of sp³-hybridized carbons (Fsp3) is 0.455. The molecule has 0 bridgehead atoms. The number of nitrogens with zero attached hydrogens (tertiary/aromatic N) is 1. The van der Waals surface area contributed by atoms with Crippen LogP contribution in [-0.2, 0) is 10.0 Å². The lowest BCUT2D eigenvalue weighted by molar-refractivity contribution is 0.0630. The molecule has 182 valence electrons. The molecule has 1 saturated heterocycles. The summed E-state index contributed by atoms with van der Waals surface area (Å²) in [5.41, 5.74) is 0. The van der Waals surface area contributed by atoms with E-state index in [1.54, 1.807) is 18.2 Å². The van der Waals surface area contributed by atoms with Crippen molar-refractivity contribution in [2.75, 3.05) is 40.4 Å². The summed E-state index contributed by atoms with van der Waals surface area (Å²) >= 11 is 12.0. The Morgan fingerprint density at radius 1 is 1.06 bits per heavy atom. The normalized spacial score (nSPS) is 16.4. The van der Waals surface area contributed by atoms with Crippen LogP contribution in [0.15, 0.2) is 41.3 Å². The molecule has 2 aromatic rings. The van der Waals surface area contributed by atoms with Gasteiger partial charge in [-0.05, 0) is 37.1 Å². The average molecular weight is 519 g/mol. The van der Waals surface area contributed by atoms with E-state index in [4.69, 9.17) is 37.4 Å². The molecule has 0 aromatic heterocycles. The van der Waals surface area contributed by atoms with E-state index in [0.717, 1.165) is 25.9 Å². The zero-order valence-electron chi connectivity index (χ0n) is 18.5. The highest BCUT2D eigenvalue weighted by molar-refractivity contribution is 7.89. The maximum atomic E-state index is 12.7. The molecular formula is C22H28Cl2N2O6S. The first kappa shape index (κ1) is 25.9.